The summed E-state index contributed by atoms with van der Waals surface area (Å²) in [7, 11) is 0. The molecule has 4 rings (SSSR count). The number of aromatic nitrogens is 1. The van der Waals surface area contributed by atoms with Crippen LogP contribution in [0.5, 0.6) is 5.75 Å². The fraction of sp³-hybridized carbons (Fsp3) is 0.238. The Morgan fingerprint density at radius 2 is 1.93 bits per heavy atom. The van der Waals surface area contributed by atoms with E-state index in [0.717, 1.165) is 11.6 Å². The monoisotopic (exact) mass is 402 g/mol. The van der Waals surface area contributed by atoms with Gasteiger partial charge in [-0.25, -0.2) is 4.98 Å². The molecule has 0 saturated heterocycles. The number of hydrogen-bond acceptors (Lipinski definition) is 4. The van der Waals surface area contributed by atoms with Gasteiger partial charge < -0.3 is 14.5 Å². The predicted octanol–water partition coefficient (Wildman–Crippen LogP) is 4.40. The molecule has 1 atom stereocenters. The number of carbonyl (C=O) groups excluding carboxylic acids is 1. The van der Waals surface area contributed by atoms with Crippen molar-refractivity contribution in [3.63, 3.8) is 0 Å². The van der Waals surface area contributed by atoms with Crippen molar-refractivity contribution in [3.05, 3.63) is 71.4 Å². The zero-order chi connectivity index (χ0) is 20.6. The number of fused-ring (bicyclic) bond motifs is 1. The van der Waals surface area contributed by atoms with E-state index in [0.29, 0.717) is 23.4 Å². The van der Waals surface area contributed by atoms with E-state index in [1.54, 1.807) is 25.1 Å². The van der Waals surface area contributed by atoms with Crippen LogP contribution in [-0.4, -0.2) is 23.5 Å². The van der Waals surface area contributed by atoms with E-state index in [1.807, 2.05) is 6.07 Å². The molecule has 2 aromatic carbocycles. The Bertz CT molecular complexity index is 1060. The zero-order valence-electron chi connectivity index (χ0n) is 15.4. The number of para-hydroxylation sites is 1. The number of alkyl halides is 3. The summed E-state index contributed by atoms with van der Waals surface area (Å²) in [6, 6.07) is 10.6. The Hall–Kier alpha value is -3.29. The van der Waals surface area contributed by atoms with Crippen LogP contribution in [0.1, 0.15) is 27.4 Å². The van der Waals surface area contributed by atoms with Gasteiger partial charge in [-0.3, -0.25) is 4.79 Å². The van der Waals surface area contributed by atoms with Crippen LogP contribution in [-0.2, 0) is 12.6 Å². The number of hydrogen-bond donors (Lipinski definition) is 1. The molecule has 1 aliphatic rings. The van der Waals surface area contributed by atoms with Gasteiger partial charge in [-0.05, 0) is 24.1 Å². The van der Waals surface area contributed by atoms with E-state index in [9.17, 15) is 18.0 Å². The molecule has 5 nitrogen and oxygen atoms in total. The topological polar surface area (TPSA) is 64.4 Å². The second kappa shape index (κ2) is 7.27. The van der Waals surface area contributed by atoms with Crippen LogP contribution in [0.25, 0.3) is 11.1 Å². The molecule has 0 saturated carbocycles. The first-order chi connectivity index (χ1) is 13.8. The Morgan fingerprint density at radius 3 is 2.66 bits per heavy atom. The van der Waals surface area contributed by atoms with Crippen molar-refractivity contribution in [2.45, 2.75) is 25.6 Å². The van der Waals surface area contributed by atoms with Crippen LogP contribution in [0.4, 0.5) is 13.2 Å². The third-order valence-corrected chi connectivity index (χ3v) is 4.79. The molecule has 0 spiro atoms. The normalized spacial score (nSPS) is 15.7. The highest BCUT2D eigenvalue weighted by molar-refractivity contribution is 5.92. The fourth-order valence-corrected chi connectivity index (χ4v) is 3.44. The molecule has 0 unspecified atom stereocenters. The van der Waals surface area contributed by atoms with Crippen molar-refractivity contribution in [1.29, 1.82) is 0 Å². The Balaban J connectivity index is 1.55. The van der Waals surface area contributed by atoms with Crippen LogP contribution in [0.15, 0.2) is 53.3 Å². The molecule has 0 fully saturated rings. The van der Waals surface area contributed by atoms with Crippen molar-refractivity contribution in [2.75, 3.05) is 6.54 Å². The van der Waals surface area contributed by atoms with Crippen molar-refractivity contribution in [3.8, 4) is 16.9 Å². The first kappa shape index (κ1) is 19.0. The third-order valence-electron chi connectivity index (χ3n) is 4.79. The number of nitrogens with one attached hydrogen (secondary N) is 1. The maximum atomic E-state index is 13.4. The molecule has 29 heavy (non-hydrogen) atoms. The minimum absolute atomic E-state index is 0.0684. The van der Waals surface area contributed by atoms with Crippen molar-refractivity contribution in [2.24, 2.45) is 0 Å². The van der Waals surface area contributed by atoms with Crippen LogP contribution < -0.4 is 10.1 Å². The summed E-state index contributed by atoms with van der Waals surface area (Å²) in [6.45, 7) is 1.85. The fourth-order valence-electron chi connectivity index (χ4n) is 3.44. The number of aryl methyl sites for hydroxylation is 1. The number of amides is 1. The van der Waals surface area contributed by atoms with Crippen molar-refractivity contribution < 1.29 is 27.1 Å². The summed E-state index contributed by atoms with van der Waals surface area (Å²) >= 11 is 0. The lowest BCUT2D eigenvalue weighted by atomic mass is 9.96. The molecule has 2 heterocycles. The summed E-state index contributed by atoms with van der Waals surface area (Å²) in [5, 5.41) is 2.72. The minimum atomic E-state index is -4.47. The SMILES string of the molecule is Cc1ncoc1C(=O)NC[C@@H]1Cc2cccc(-c3ccccc3C(F)(F)F)c2O1. The zero-order valence-corrected chi connectivity index (χ0v) is 15.4. The van der Waals surface area contributed by atoms with E-state index in [-0.39, 0.29) is 17.9 Å². The number of oxazole rings is 1. The Labute approximate surface area is 164 Å². The molecular formula is C21H17F3N2O3. The highest BCUT2D eigenvalue weighted by atomic mass is 19.4. The summed E-state index contributed by atoms with van der Waals surface area (Å²) in [5.41, 5.74) is 1.02. The van der Waals surface area contributed by atoms with Crippen LogP contribution in [0.3, 0.4) is 0 Å². The highest BCUT2D eigenvalue weighted by Gasteiger charge is 2.35. The van der Waals surface area contributed by atoms with Crippen LogP contribution in [0, 0.1) is 6.92 Å². The van der Waals surface area contributed by atoms with Crippen LogP contribution in [0.2, 0.25) is 0 Å². The van der Waals surface area contributed by atoms with Gasteiger partial charge in [0.25, 0.3) is 5.91 Å². The average Bonchev–Trinajstić information content (AvgIpc) is 3.31. The number of nitrogens with zero attached hydrogens (tertiary/aromatic N) is 1. The summed E-state index contributed by atoms with van der Waals surface area (Å²) in [5.74, 6) is 0.127. The molecule has 1 aromatic heterocycles. The number of carbonyl (C=O) groups is 1. The molecule has 0 bridgehead atoms. The molecule has 0 aliphatic carbocycles. The van der Waals surface area contributed by atoms with Gasteiger partial charge in [0, 0.05) is 12.0 Å². The molecule has 1 amide bonds. The lowest BCUT2D eigenvalue weighted by molar-refractivity contribution is -0.137. The second-order valence-electron chi connectivity index (χ2n) is 6.76. The summed E-state index contributed by atoms with van der Waals surface area (Å²) in [6.07, 6.45) is -3.19. The van der Waals surface area contributed by atoms with E-state index in [2.05, 4.69) is 10.3 Å². The maximum absolute atomic E-state index is 13.4. The molecule has 150 valence electrons. The molecule has 0 radical (unpaired) electrons. The van der Waals surface area contributed by atoms with Crippen molar-refractivity contribution in [1.82, 2.24) is 10.3 Å². The highest BCUT2D eigenvalue weighted by Crippen LogP contribution is 2.43. The lowest BCUT2D eigenvalue weighted by Gasteiger charge is -2.16. The van der Waals surface area contributed by atoms with E-state index in [1.165, 1.54) is 18.5 Å². The molecular weight excluding hydrogens is 385 g/mol. The van der Waals surface area contributed by atoms with Gasteiger partial charge in [0.05, 0.1) is 17.8 Å². The van der Waals surface area contributed by atoms with Crippen LogP contribution >= 0.6 is 0 Å². The van der Waals surface area contributed by atoms with E-state index in [4.69, 9.17) is 9.15 Å². The number of ether oxygens (including phenoxy) is 1. The molecule has 1 N–H and O–H groups in total. The number of halogens is 3. The van der Waals surface area contributed by atoms with Crippen molar-refractivity contribution >= 4 is 5.91 Å². The Kier molecular flexibility index (Phi) is 4.77. The van der Waals surface area contributed by atoms with Gasteiger partial charge in [0.15, 0.2) is 6.39 Å². The third kappa shape index (κ3) is 3.70. The first-order valence-electron chi connectivity index (χ1n) is 8.98. The summed E-state index contributed by atoms with van der Waals surface area (Å²) in [4.78, 5) is 16.0. The van der Waals surface area contributed by atoms with Gasteiger partial charge in [0.1, 0.15) is 11.9 Å². The minimum Gasteiger partial charge on any atom is -0.487 e. The molecule has 1 aliphatic heterocycles. The largest absolute Gasteiger partial charge is 0.487 e. The average molecular weight is 402 g/mol. The van der Waals surface area contributed by atoms with Gasteiger partial charge in [-0.1, -0.05) is 36.4 Å². The smallest absolute Gasteiger partial charge is 0.417 e. The quantitative estimate of drug-likeness (QED) is 0.703. The van der Waals surface area contributed by atoms with E-state index >= 15 is 0 Å². The first-order valence-corrected chi connectivity index (χ1v) is 8.98. The van der Waals surface area contributed by atoms with Gasteiger partial charge in [-0.2, -0.15) is 13.2 Å². The summed E-state index contributed by atoms with van der Waals surface area (Å²) < 4.78 is 51.3. The van der Waals surface area contributed by atoms with E-state index < -0.39 is 23.8 Å². The lowest BCUT2D eigenvalue weighted by Crippen LogP contribution is -2.34. The Morgan fingerprint density at radius 1 is 1.17 bits per heavy atom. The molecule has 3 aromatic rings. The molecule has 8 heteroatoms. The second-order valence-corrected chi connectivity index (χ2v) is 6.76. The maximum Gasteiger partial charge on any atom is 0.417 e. The number of rotatable bonds is 4. The predicted molar refractivity (Wildman–Crippen MR) is 98.6 cm³/mol. The van der Waals surface area contributed by atoms with Gasteiger partial charge in [0.2, 0.25) is 5.76 Å². The van der Waals surface area contributed by atoms with Gasteiger partial charge >= 0.3 is 6.18 Å². The standard InChI is InChI=1S/C21H17F3N2O3/c1-12-18(28-11-26-12)20(27)25-10-14-9-13-5-4-7-16(19(13)29-14)15-6-2-3-8-17(15)21(22,23)24/h2-8,11,14H,9-10H2,1H3,(H,25,27)/t14-/m0/s1. The number of benzene rings is 2. The van der Waals surface area contributed by atoms with Gasteiger partial charge in [-0.15, -0.1) is 0 Å².